The van der Waals surface area contributed by atoms with Crippen LogP contribution in [0.15, 0.2) is 36.5 Å². The Balaban J connectivity index is 2.04. The summed E-state index contributed by atoms with van der Waals surface area (Å²) in [5.41, 5.74) is 8.49. The number of H-pyrrole nitrogens is 1. The van der Waals surface area contributed by atoms with E-state index < -0.39 is 0 Å². The van der Waals surface area contributed by atoms with Gasteiger partial charge in [0, 0.05) is 17.8 Å². The lowest BCUT2D eigenvalue weighted by Gasteiger charge is -2.03. The van der Waals surface area contributed by atoms with Crippen LogP contribution in [0.4, 0.5) is 0 Å². The molecular weight excluding hydrogens is 266 g/mol. The van der Waals surface area contributed by atoms with E-state index in [0.29, 0.717) is 23.7 Å². The molecule has 3 rings (SSSR count). The van der Waals surface area contributed by atoms with Crippen LogP contribution in [-0.2, 0) is 0 Å². The van der Waals surface area contributed by atoms with E-state index in [4.69, 9.17) is 15.9 Å². The normalized spacial score (nSPS) is 10.7. The molecule has 6 heteroatoms. The molecule has 2 aromatic heterocycles. The number of fused-ring (bicyclic) bond motifs is 1. The number of imidazole rings is 1. The molecule has 1 aromatic carbocycles. The second kappa shape index (κ2) is 5.24. The van der Waals surface area contributed by atoms with Crippen molar-refractivity contribution < 1.29 is 4.74 Å². The van der Waals surface area contributed by atoms with Crippen LogP contribution in [0, 0.1) is 5.41 Å². The zero-order chi connectivity index (χ0) is 14.8. The first-order valence-corrected chi connectivity index (χ1v) is 6.60. The molecule has 0 saturated heterocycles. The van der Waals surface area contributed by atoms with Gasteiger partial charge < -0.3 is 15.5 Å². The molecule has 0 aliphatic heterocycles. The number of nitrogens with one attached hydrogen (secondary N) is 2. The Hall–Kier alpha value is -2.89. The fourth-order valence-corrected chi connectivity index (χ4v) is 2.10. The SMILES string of the molecule is CCOc1ccnc(-c2nc3ccc(C(=N)N)cc3[nH]2)c1. The largest absolute Gasteiger partial charge is 0.494 e. The Morgan fingerprint density at radius 3 is 2.95 bits per heavy atom. The highest BCUT2D eigenvalue weighted by Gasteiger charge is 2.09. The third-order valence-electron chi connectivity index (χ3n) is 3.08. The Bertz CT molecular complexity index is 809. The highest BCUT2D eigenvalue weighted by atomic mass is 16.5. The van der Waals surface area contributed by atoms with E-state index in [2.05, 4.69) is 15.0 Å². The number of amidine groups is 1. The van der Waals surface area contributed by atoms with Crippen LogP contribution in [0.3, 0.4) is 0 Å². The van der Waals surface area contributed by atoms with Gasteiger partial charge in [0.2, 0.25) is 0 Å². The molecule has 4 N–H and O–H groups in total. The van der Waals surface area contributed by atoms with E-state index in [1.165, 1.54) is 0 Å². The van der Waals surface area contributed by atoms with Gasteiger partial charge >= 0.3 is 0 Å². The maximum atomic E-state index is 7.47. The molecule has 0 aliphatic carbocycles. The summed E-state index contributed by atoms with van der Waals surface area (Å²) in [6, 6.07) is 9.06. The third kappa shape index (κ3) is 2.55. The second-order valence-electron chi connectivity index (χ2n) is 4.54. The summed E-state index contributed by atoms with van der Waals surface area (Å²) in [5, 5.41) is 7.47. The second-order valence-corrected chi connectivity index (χ2v) is 4.54. The molecule has 2 heterocycles. The lowest BCUT2D eigenvalue weighted by atomic mass is 10.2. The fraction of sp³-hybridized carbons (Fsp3) is 0.133. The minimum Gasteiger partial charge on any atom is -0.494 e. The molecule has 0 radical (unpaired) electrons. The number of rotatable bonds is 4. The van der Waals surface area contributed by atoms with Gasteiger partial charge in [0.15, 0.2) is 5.82 Å². The van der Waals surface area contributed by atoms with Crippen molar-refractivity contribution in [3.05, 3.63) is 42.1 Å². The van der Waals surface area contributed by atoms with Crippen LogP contribution in [0.1, 0.15) is 12.5 Å². The fourth-order valence-electron chi connectivity index (χ4n) is 2.10. The van der Waals surface area contributed by atoms with E-state index in [-0.39, 0.29) is 5.84 Å². The van der Waals surface area contributed by atoms with Gasteiger partial charge in [0.05, 0.1) is 17.6 Å². The van der Waals surface area contributed by atoms with Crippen LogP contribution in [-0.4, -0.2) is 27.4 Å². The van der Waals surface area contributed by atoms with Crippen molar-refractivity contribution in [2.75, 3.05) is 6.61 Å². The summed E-state index contributed by atoms with van der Waals surface area (Å²) in [5.74, 6) is 1.45. The topological polar surface area (TPSA) is 101 Å². The first-order valence-electron chi connectivity index (χ1n) is 6.60. The summed E-state index contributed by atoms with van der Waals surface area (Å²) in [6.45, 7) is 2.54. The first-order chi connectivity index (χ1) is 10.2. The lowest BCUT2D eigenvalue weighted by Crippen LogP contribution is -2.10. The van der Waals surface area contributed by atoms with Gasteiger partial charge in [-0.05, 0) is 31.2 Å². The average molecular weight is 281 g/mol. The van der Waals surface area contributed by atoms with E-state index in [0.717, 1.165) is 16.8 Å². The number of nitrogens with zero attached hydrogens (tertiary/aromatic N) is 2. The van der Waals surface area contributed by atoms with Crippen molar-refractivity contribution in [1.82, 2.24) is 15.0 Å². The minimum atomic E-state index is 0.0320. The van der Waals surface area contributed by atoms with Crippen LogP contribution in [0.25, 0.3) is 22.6 Å². The highest BCUT2D eigenvalue weighted by Crippen LogP contribution is 2.22. The van der Waals surface area contributed by atoms with E-state index >= 15 is 0 Å². The predicted octanol–water partition coefficient (Wildman–Crippen LogP) is 2.31. The van der Waals surface area contributed by atoms with Crippen molar-refractivity contribution in [2.45, 2.75) is 6.92 Å². The maximum absolute atomic E-state index is 7.47. The lowest BCUT2D eigenvalue weighted by molar-refractivity contribution is 0.340. The zero-order valence-corrected chi connectivity index (χ0v) is 11.6. The van der Waals surface area contributed by atoms with Crippen LogP contribution in [0.2, 0.25) is 0 Å². The Kier molecular flexibility index (Phi) is 3.27. The molecule has 6 nitrogen and oxygen atoms in total. The van der Waals surface area contributed by atoms with Crippen LogP contribution in [0.5, 0.6) is 5.75 Å². The van der Waals surface area contributed by atoms with Gasteiger partial charge in [0.25, 0.3) is 0 Å². The first kappa shape index (κ1) is 13.1. The predicted molar refractivity (Wildman–Crippen MR) is 81.5 cm³/mol. The molecule has 21 heavy (non-hydrogen) atoms. The van der Waals surface area contributed by atoms with Crippen molar-refractivity contribution in [2.24, 2.45) is 5.73 Å². The number of nitrogens with two attached hydrogens (primary N) is 1. The third-order valence-corrected chi connectivity index (χ3v) is 3.08. The summed E-state index contributed by atoms with van der Waals surface area (Å²) in [7, 11) is 0. The van der Waals surface area contributed by atoms with Gasteiger partial charge in [-0.25, -0.2) is 4.98 Å². The molecule has 0 unspecified atom stereocenters. The van der Waals surface area contributed by atoms with Gasteiger partial charge in [-0.3, -0.25) is 10.4 Å². The van der Waals surface area contributed by atoms with Crippen molar-refractivity contribution in [3.8, 4) is 17.3 Å². The average Bonchev–Trinajstić information content (AvgIpc) is 2.91. The number of hydrogen-bond acceptors (Lipinski definition) is 4. The summed E-state index contributed by atoms with van der Waals surface area (Å²) >= 11 is 0. The molecule has 0 spiro atoms. The number of aromatic amines is 1. The Labute approximate surface area is 121 Å². The van der Waals surface area contributed by atoms with Crippen molar-refractivity contribution >= 4 is 16.9 Å². The van der Waals surface area contributed by atoms with Gasteiger partial charge in [-0.2, -0.15) is 0 Å². The number of ether oxygens (including phenoxy) is 1. The molecular formula is C15H15N5O. The van der Waals surface area contributed by atoms with Crippen molar-refractivity contribution in [3.63, 3.8) is 0 Å². The molecule has 106 valence electrons. The summed E-state index contributed by atoms with van der Waals surface area (Å²) in [6.07, 6.45) is 1.69. The molecule has 0 fully saturated rings. The summed E-state index contributed by atoms with van der Waals surface area (Å²) < 4.78 is 5.47. The smallest absolute Gasteiger partial charge is 0.157 e. The Morgan fingerprint density at radius 2 is 2.19 bits per heavy atom. The number of aromatic nitrogens is 3. The molecule has 0 bridgehead atoms. The van der Waals surface area contributed by atoms with E-state index in [9.17, 15) is 0 Å². The number of hydrogen-bond donors (Lipinski definition) is 3. The van der Waals surface area contributed by atoms with Gasteiger partial charge in [-0.15, -0.1) is 0 Å². The van der Waals surface area contributed by atoms with Gasteiger partial charge in [-0.1, -0.05) is 0 Å². The monoisotopic (exact) mass is 281 g/mol. The van der Waals surface area contributed by atoms with Crippen LogP contribution >= 0.6 is 0 Å². The van der Waals surface area contributed by atoms with E-state index in [1.807, 2.05) is 25.1 Å². The summed E-state index contributed by atoms with van der Waals surface area (Å²) in [4.78, 5) is 12.0. The molecule has 0 amide bonds. The zero-order valence-electron chi connectivity index (χ0n) is 11.6. The minimum absolute atomic E-state index is 0.0320. The maximum Gasteiger partial charge on any atom is 0.157 e. The number of benzene rings is 1. The molecule has 0 atom stereocenters. The highest BCUT2D eigenvalue weighted by molar-refractivity contribution is 5.98. The standard InChI is InChI=1S/C15H15N5O/c1-2-21-10-5-6-18-13(8-10)15-19-11-4-3-9(14(16)17)7-12(11)20-15/h3-8H,2H2,1H3,(H3,16,17)(H,19,20). The molecule has 0 aliphatic rings. The van der Waals surface area contributed by atoms with E-state index in [1.54, 1.807) is 18.3 Å². The number of nitrogen functional groups attached to an aromatic ring is 1. The Morgan fingerprint density at radius 1 is 1.33 bits per heavy atom. The van der Waals surface area contributed by atoms with Gasteiger partial charge in [0.1, 0.15) is 17.3 Å². The molecule has 3 aromatic rings. The number of pyridine rings is 1. The van der Waals surface area contributed by atoms with Crippen LogP contribution < -0.4 is 10.5 Å². The quantitative estimate of drug-likeness (QED) is 0.504. The van der Waals surface area contributed by atoms with Crippen molar-refractivity contribution in [1.29, 1.82) is 5.41 Å². The molecule has 0 saturated carbocycles.